The van der Waals surface area contributed by atoms with E-state index in [1.54, 1.807) is 18.3 Å². The first-order chi connectivity index (χ1) is 12.5. The van der Waals surface area contributed by atoms with Crippen molar-refractivity contribution in [1.82, 2.24) is 10.3 Å². The highest BCUT2D eigenvalue weighted by molar-refractivity contribution is 6.30. The molecule has 1 aromatic carbocycles. The van der Waals surface area contributed by atoms with Crippen LogP contribution in [-0.4, -0.2) is 23.1 Å². The van der Waals surface area contributed by atoms with Gasteiger partial charge >= 0.3 is 0 Å². The largest absolute Gasteiger partial charge is 0.370 e. The van der Waals surface area contributed by atoms with Gasteiger partial charge in [-0.15, -0.1) is 0 Å². The number of carbonyl (C=O) groups excluding carboxylic acids is 1. The molecule has 0 fully saturated rings. The molecule has 26 heavy (non-hydrogen) atoms. The molecule has 0 unspecified atom stereocenters. The number of fused-ring (bicyclic) bond motifs is 1. The van der Waals surface area contributed by atoms with Gasteiger partial charge in [0.2, 0.25) is 0 Å². The van der Waals surface area contributed by atoms with Gasteiger partial charge in [-0.2, -0.15) is 0 Å². The third-order valence-electron chi connectivity index (χ3n) is 4.48. The molecule has 1 aromatic heterocycles. The van der Waals surface area contributed by atoms with E-state index < -0.39 is 5.82 Å². The Balaban J connectivity index is 1.63. The number of aromatic nitrogens is 1. The molecule has 6 heteroatoms. The number of benzene rings is 1. The van der Waals surface area contributed by atoms with Crippen LogP contribution in [0.4, 0.5) is 4.39 Å². The molecular formula is C20H21ClFN3O. The van der Waals surface area contributed by atoms with E-state index in [1.807, 2.05) is 19.9 Å². The van der Waals surface area contributed by atoms with Gasteiger partial charge in [-0.05, 0) is 42.2 Å². The lowest BCUT2D eigenvalue weighted by molar-refractivity contribution is -0.118. The molecule has 0 bridgehead atoms. The first kappa shape index (κ1) is 18.5. The van der Waals surface area contributed by atoms with E-state index in [4.69, 9.17) is 11.6 Å². The Labute approximate surface area is 157 Å². The number of aliphatic imine (C=N–C) groups is 1. The van der Waals surface area contributed by atoms with Crippen LogP contribution < -0.4 is 5.32 Å². The van der Waals surface area contributed by atoms with Crippen molar-refractivity contribution in [3.8, 4) is 0 Å². The molecule has 4 nitrogen and oxygen atoms in total. The van der Waals surface area contributed by atoms with Crippen LogP contribution in [0.15, 0.2) is 35.5 Å². The second-order valence-corrected chi connectivity index (χ2v) is 6.93. The molecule has 3 rings (SSSR count). The van der Waals surface area contributed by atoms with E-state index in [0.29, 0.717) is 13.0 Å². The van der Waals surface area contributed by atoms with E-state index in [-0.39, 0.29) is 23.1 Å². The van der Waals surface area contributed by atoms with Crippen molar-refractivity contribution in [3.63, 3.8) is 0 Å². The summed E-state index contributed by atoms with van der Waals surface area (Å²) in [6, 6.07) is 6.55. The minimum atomic E-state index is -0.449. The maximum atomic E-state index is 13.3. The minimum absolute atomic E-state index is 0.0290. The average molecular weight is 374 g/mol. The second-order valence-electron chi connectivity index (χ2n) is 6.52. The number of hydrogen-bond donors (Lipinski definition) is 1. The number of pyridine rings is 1. The number of carbonyl (C=O) groups is 1. The fourth-order valence-corrected chi connectivity index (χ4v) is 3.30. The fourth-order valence-electron chi connectivity index (χ4n) is 3.11. The minimum Gasteiger partial charge on any atom is -0.370 e. The van der Waals surface area contributed by atoms with Gasteiger partial charge in [0.05, 0.1) is 11.6 Å². The first-order valence-corrected chi connectivity index (χ1v) is 9.08. The number of hydrogen-bond acceptors (Lipinski definition) is 4. The Kier molecular flexibility index (Phi) is 5.67. The fraction of sp³-hybridized carbons (Fsp3) is 0.350. The third-order valence-corrected chi connectivity index (χ3v) is 4.77. The first-order valence-electron chi connectivity index (χ1n) is 8.71. The van der Waals surface area contributed by atoms with Crippen molar-refractivity contribution in [1.29, 1.82) is 0 Å². The molecule has 1 atom stereocenters. The molecule has 0 aliphatic carbocycles. The normalized spacial score (nSPS) is 13.9. The van der Waals surface area contributed by atoms with E-state index in [1.165, 1.54) is 6.07 Å². The maximum absolute atomic E-state index is 13.3. The SMILES string of the molecule is CCNC1=NCc2cc(CC(=O)C[C@H](C)c3ccc(F)c(Cl)c3)ncc21. The van der Waals surface area contributed by atoms with Crippen LogP contribution in [0.5, 0.6) is 0 Å². The van der Waals surface area contributed by atoms with Gasteiger partial charge in [-0.1, -0.05) is 24.6 Å². The lowest BCUT2D eigenvalue weighted by Gasteiger charge is -2.12. The van der Waals surface area contributed by atoms with E-state index >= 15 is 0 Å². The Morgan fingerprint density at radius 3 is 2.92 bits per heavy atom. The van der Waals surface area contributed by atoms with Crippen LogP contribution in [0.25, 0.3) is 0 Å². The van der Waals surface area contributed by atoms with Crippen molar-refractivity contribution in [2.75, 3.05) is 6.54 Å². The van der Waals surface area contributed by atoms with Crippen molar-refractivity contribution < 1.29 is 9.18 Å². The number of rotatable bonds is 6. The number of ketones is 1. The number of Topliss-reactive ketones (excluding diaryl/α,β-unsaturated/α-hetero) is 1. The zero-order valence-electron chi connectivity index (χ0n) is 14.9. The van der Waals surface area contributed by atoms with Crippen LogP contribution in [0.1, 0.15) is 48.6 Å². The predicted octanol–water partition coefficient (Wildman–Crippen LogP) is 4.05. The lowest BCUT2D eigenvalue weighted by Crippen LogP contribution is -2.22. The van der Waals surface area contributed by atoms with Crippen LogP contribution in [0.2, 0.25) is 5.02 Å². The van der Waals surface area contributed by atoms with Crippen molar-refractivity contribution >= 4 is 23.2 Å². The number of nitrogens with one attached hydrogen (secondary N) is 1. The summed E-state index contributed by atoms with van der Waals surface area (Å²) in [7, 11) is 0. The molecule has 1 N–H and O–H groups in total. The predicted molar refractivity (Wildman–Crippen MR) is 101 cm³/mol. The van der Waals surface area contributed by atoms with Gasteiger partial charge in [-0.3, -0.25) is 14.8 Å². The van der Waals surface area contributed by atoms with E-state index in [2.05, 4.69) is 15.3 Å². The summed E-state index contributed by atoms with van der Waals surface area (Å²) in [6.07, 6.45) is 2.43. The van der Waals surface area contributed by atoms with Crippen molar-refractivity contribution in [2.24, 2.45) is 4.99 Å². The summed E-state index contributed by atoms with van der Waals surface area (Å²) in [4.78, 5) is 21.3. The number of amidine groups is 1. The molecule has 0 spiro atoms. The Morgan fingerprint density at radius 2 is 2.19 bits per heavy atom. The summed E-state index contributed by atoms with van der Waals surface area (Å²) in [5, 5.41) is 3.30. The topological polar surface area (TPSA) is 54.4 Å². The highest BCUT2D eigenvalue weighted by Gasteiger charge is 2.18. The smallest absolute Gasteiger partial charge is 0.141 e. The summed E-state index contributed by atoms with van der Waals surface area (Å²) < 4.78 is 13.3. The quantitative estimate of drug-likeness (QED) is 0.831. The van der Waals surface area contributed by atoms with Crippen LogP contribution in [-0.2, 0) is 17.8 Å². The van der Waals surface area contributed by atoms with Gasteiger partial charge < -0.3 is 5.32 Å². The Hall–Kier alpha value is -2.27. The number of nitrogens with zero attached hydrogens (tertiary/aromatic N) is 2. The Morgan fingerprint density at radius 1 is 1.38 bits per heavy atom. The zero-order chi connectivity index (χ0) is 18.7. The van der Waals surface area contributed by atoms with Gasteiger partial charge in [-0.25, -0.2) is 4.39 Å². The zero-order valence-corrected chi connectivity index (χ0v) is 15.6. The van der Waals surface area contributed by atoms with Crippen LogP contribution in [0, 0.1) is 5.82 Å². The molecule has 2 heterocycles. The molecule has 1 aliphatic rings. The molecule has 0 radical (unpaired) electrons. The van der Waals surface area contributed by atoms with Gasteiger partial charge in [0.15, 0.2) is 0 Å². The molecule has 0 saturated carbocycles. The standard InChI is InChI=1S/C20H21ClFN3O/c1-3-23-20-17-11-24-15(7-14(17)10-25-20)9-16(26)6-12(2)13-4-5-19(22)18(21)8-13/h4-5,7-8,11-12H,3,6,9-10H2,1-2H3,(H,23,25)/t12-/m0/s1. The van der Waals surface area contributed by atoms with Gasteiger partial charge in [0.25, 0.3) is 0 Å². The highest BCUT2D eigenvalue weighted by atomic mass is 35.5. The second kappa shape index (κ2) is 7.96. The molecule has 0 amide bonds. The van der Waals surface area contributed by atoms with Crippen molar-refractivity contribution in [3.05, 3.63) is 63.7 Å². The third kappa shape index (κ3) is 4.10. The molecule has 2 aromatic rings. The maximum Gasteiger partial charge on any atom is 0.141 e. The van der Waals surface area contributed by atoms with E-state index in [9.17, 15) is 9.18 Å². The monoisotopic (exact) mass is 373 g/mol. The summed E-state index contributed by atoms with van der Waals surface area (Å²) >= 11 is 5.83. The van der Waals surface area contributed by atoms with Gasteiger partial charge in [0.1, 0.15) is 17.4 Å². The molecule has 136 valence electrons. The summed E-state index contributed by atoms with van der Waals surface area (Å²) in [6.45, 7) is 5.39. The van der Waals surface area contributed by atoms with Crippen LogP contribution in [0.3, 0.4) is 0 Å². The summed E-state index contributed by atoms with van der Waals surface area (Å²) in [5.41, 5.74) is 3.72. The lowest BCUT2D eigenvalue weighted by atomic mass is 9.94. The van der Waals surface area contributed by atoms with E-state index in [0.717, 1.165) is 34.8 Å². The van der Waals surface area contributed by atoms with Crippen LogP contribution >= 0.6 is 11.6 Å². The Bertz CT molecular complexity index is 866. The molecular weight excluding hydrogens is 353 g/mol. The summed E-state index contributed by atoms with van der Waals surface area (Å²) in [5.74, 6) is 0.486. The number of halogens is 2. The van der Waals surface area contributed by atoms with Gasteiger partial charge in [0, 0.05) is 36.8 Å². The molecule has 1 aliphatic heterocycles. The van der Waals surface area contributed by atoms with Crippen molar-refractivity contribution in [2.45, 2.75) is 39.2 Å². The molecule has 0 saturated heterocycles. The highest BCUT2D eigenvalue weighted by Crippen LogP contribution is 2.25. The average Bonchev–Trinajstić information content (AvgIpc) is 3.00.